The largest absolute Gasteiger partial charge is 0.494 e. The van der Waals surface area contributed by atoms with Crippen LogP contribution in [0.5, 0.6) is 5.75 Å². The summed E-state index contributed by atoms with van der Waals surface area (Å²) in [7, 11) is 4.15. The lowest BCUT2D eigenvalue weighted by molar-refractivity contribution is 0.281. The van der Waals surface area contributed by atoms with Gasteiger partial charge in [-0.1, -0.05) is 18.2 Å². The molecule has 0 bridgehead atoms. The molecule has 0 aliphatic carbocycles. The van der Waals surface area contributed by atoms with Gasteiger partial charge in [0.05, 0.1) is 12.3 Å². The summed E-state index contributed by atoms with van der Waals surface area (Å²) in [6.45, 7) is 3.83. The van der Waals surface area contributed by atoms with Crippen molar-refractivity contribution in [1.29, 1.82) is 0 Å². The zero-order valence-electron chi connectivity index (χ0n) is 17.2. The smallest absolute Gasteiger partial charge is 0.163 e. The number of aromatic nitrogens is 3. The highest BCUT2D eigenvalue weighted by Gasteiger charge is 2.15. The molecule has 0 saturated heterocycles. The van der Waals surface area contributed by atoms with Crippen molar-refractivity contribution in [1.82, 2.24) is 19.7 Å². The van der Waals surface area contributed by atoms with E-state index in [9.17, 15) is 0 Å². The van der Waals surface area contributed by atoms with Crippen LogP contribution in [0.2, 0.25) is 0 Å². The van der Waals surface area contributed by atoms with Gasteiger partial charge in [-0.3, -0.25) is 0 Å². The molecule has 0 unspecified atom stereocenters. The van der Waals surface area contributed by atoms with Gasteiger partial charge in [-0.15, -0.1) is 0 Å². The molecule has 5 heteroatoms. The Hall–Kier alpha value is -3.18. The Bertz CT molecular complexity index is 1100. The van der Waals surface area contributed by atoms with Crippen molar-refractivity contribution in [3.8, 4) is 22.7 Å². The SMILES string of the molecule is Cc1ccccc1-n1nc(-c2ccc(OCCCN(C)C)cc2)c2cccnc21. The van der Waals surface area contributed by atoms with Gasteiger partial charge < -0.3 is 9.64 Å². The lowest BCUT2D eigenvalue weighted by Gasteiger charge is -2.10. The first-order valence-corrected chi connectivity index (χ1v) is 9.91. The molecule has 29 heavy (non-hydrogen) atoms. The third-order valence-electron chi connectivity index (χ3n) is 4.93. The molecular formula is C24H26N4O. The number of hydrogen-bond acceptors (Lipinski definition) is 4. The van der Waals surface area contributed by atoms with Gasteiger partial charge in [0.25, 0.3) is 0 Å². The first-order valence-electron chi connectivity index (χ1n) is 9.91. The first kappa shape index (κ1) is 19.2. The van der Waals surface area contributed by atoms with Crippen LogP contribution in [0, 0.1) is 6.92 Å². The molecule has 0 saturated carbocycles. The van der Waals surface area contributed by atoms with Crippen LogP contribution in [0.4, 0.5) is 0 Å². The topological polar surface area (TPSA) is 43.2 Å². The van der Waals surface area contributed by atoms with E-state index in [1.165, 1.54) is 0 Å². The van der Waals surface area contributed by atoms with E-state index in [2.05, 4.69) is 61.2 Å². The van der Waals surface area contributed by atoms with Crippen LogP contribution >= 0.6 is 0 Å². The summed E-state index contributed by atoms with van der Waals surface area (Å²) in [6, 6.07) is 20.4. The summed E-state index contributed by atoms with van der Waals surface area (Å²) in [5.41, 5.74) is 5.05. The molecule has 0 atom stereocenters. The number of benzene rings is 2. The molecule has 0 spiro atoms. The van der Waals surface area contributed by atoms with Crippen molar-refractivity contribution in [2.24, 2.45) is 0 Å². The van der Waals surface area contributed by atoms with Gasteiger partial charge in [-0.2, -0.15) is 5.10 Å². The van der Waals surface area contributed by atoms with Crippen LogP contribution in [-0.4, -0.2) is 46.9 Å². The molecule has 0 N–H and O–H groups in total. The van der Waals surface area contributed by atoms with Crippen molar-refractivity contribution in [2.45, 2.75) is 13.3 Å². The van der Waals surface area contributed by atoms with E-state index in [4.69, 9.17) is 9.84 Å². The van der Waals surface area contributed by atoms with E-state index >= 15 is 0 Å². The number of aryl methyl sites for hydroxylation is 1. The third-order valence-corrected chi connectivity index (χ3v) is 4.93. The van der Waals surface area contributed by atoms with Gasteiger partial charge >= 0.3 is 0 Å². The van der Waals surface area contributed by atoms with Crippen molar-refractivity contribution in [2.75, 3.05) is 27.2 Å². The molecule has 2 heterocycles. The van der Waals surface area contributed by atoms with Crippen LogP contribution in [0.3, 0.4) is 0 Å². The predicted octanol–water partition coefficient (Wildman–Crippen LogP) is 4.73. The highest BCUT2D eigenvalue weighted by molar-refractivity contribution is 5.92. The second-order valence-electron chi connectivity index (χ2n) is 7.45. The molecular weight excluding hydrogens is 360 g/mol. The number of fused-ring (bicyclic) bond motifs is 1. The Morgan fingerprint density at radius 2 is 1.76 bits per heavy atom. The second-order valence-corrected chi connectivity index (χ2v) is 7.45. The minimum Gasteiger partial charge on any atom is -0.494 e. The van der Waals surface area contributed by atoms with E-state index < -0.39 is 0 Å². The molecule has 2 aromatic heterocycles. The number of nitrogens with zero attached hydrogens (tertiary/aromatic N) is 4. The van der Waals surface area contributed by atoms with Gasteiger partial charge in [-0.05, 0) is 75.5 Å². The highest BCUT2D eigenvalue weighted by Crippen LogP contribution is 2.30. The average Bonchev–Trinajstić information content (AvgIpc) is 3.11. The predicted molar refractivity (Wildman–Crippen MR) is 118 cm³/mol. The Labute approximate surface area is 171 Å². The Morgan fingerprint density at radius 3 is 2.52 bits per heavy atom. The lowest BCUT2D eigenvalue weighted by Crippen LogP contribution is -2.15. The molecule has 4 rings (SSSR count). The molecule has 0 fully saturated rings. The minimum absolute atomic E-state index is 0.715. The maximum atomic E-state index is 5.86. The van der Waals surface area contributed by atoms with Gasteiger partial charge in [0.2, 0.25) is 0 Å². The molecule has 148 valence electrons. The number of ether oxygens (including phenoxy) is 1. The van der Waals surface area contributed by atoms with Crippen molar-refractivity contribution in [3.05, 3.63) is 72.4 Å². The van der Waals surface area contributed by atoms with Gasteiger partial charge in [0.15, 0.2) is 5.65 Å². The monoisotopic (exact) mass is 386 g/mol. The van der Waals surface area contributed by atoms with E-state index in [1.54, 1.807) is 0 Å². The molecule has 0 aliphatic rings. The first-order chi connectivity index (χ1) is 14.1. The van der Waals surface area contributed by atoms with Crippen LogP contribution in [0.15, 0.2) is 66.9 Å². The number of hydrogen-bond donors (Lipinski definition) is 0. The fraction of sp³-hybridized carbons (Fsp3) is 0.250. The zero-order chi connectivity index (χ0) is 20.2. The number of para-hydroxylation sites is 1. The van der Waals surface area contributed by atoms with Crippen LogP contribution < -0.4 is 4.74 Å². The maximum Gasteiger partial charge on any atom is 0.163 e. The minimum atomic E-state index is 0.715. The summed E-state index contributed by atoms with van der Waals surface area (Å²) >= 11 is 0. The zero-order valence-corrected chi connectivity index (χ0v) is 17.2. The standard InChI is InChI=1S/C24H26N4O/c1-18-8-4-5-10-22(18)28-24-21(9-6-15-25-24)23(26-28)19-11-13-20(14-12-19)29-17-7-16-27(2)3/h4-6,8-15H,7,16-17H2,1-3H3. The van der Waals surface area contributed by atoms with Gasteiger partial charge in [0.1, 0.15) is 11.4 Å². The van der Waals surface area contributed by atoms with E-state index in [-0.39, 0.29) is 0 Å². The average molecular weight is 386 g/mol. The third kappa shape index (κ3) is 4.15. The highest BCUT2D eigenvalue weighted by atomic mass is 16.5. The number of rotatable bonds is 7. The molecule has 5 nitrogen and oxygen atoms in total. The fourth-order valence-electron chi connectivity index (χ4n) is 3.41. The lowest BCUT2D eigenvalue weighted by atomic mass is 10.1. The molecule has 0 amide bonds. The molecule has 4 aromatic rings. The number of pyridine rings is 1. The van der Waals surface area contributed by atoms with Crippen LogP contribution in [0.25, 0.3) is 28.0 Å². The molecule has 2 aromatic carbocycles. The van der Waals surface area contributed by atoms with E-state index in [0.29, 0.717) is 6.61 Å². The second kappa shape index (κ2) is 8.45. The van der Waals surface area contributed by atoms with Crippen LogP contribution in [-0.2, 0) is 0 Å². The summed E-state index contributed by atoms with van der Waals surface area (Å²) in [5, 5.41) is 5.96. The Balaban J connectivity index is 1.64. The summed E-state index contributed by atoms with van der Waals surface area (Å²) in [6.07, 6.45) is 2.82. The summed E-state index contributed by atoms with van der Waals surface area (Å²) in [5.74, 6) is 0.883. The van der Waals surface area contributed by atoms with E-state index in [1.807, 2.05) is 41.2 Å². The fourth-order valence-corrected chi connectivity index (χ4v) is 3.41. The van der Waals surface area contributed by atoms with Crippen molar-refractivity contribution in [3.63, 3.8) is 0 Å². The maximum absolute atomic E-state index is 5.86. The summed E-state index contributed by atoms with van der Waals surface area (Å²) in [4.78, 5) is 6.76. The van der Waals surface area contributed by atoms with Crippen molar-refractivity contribution < 1.29 is 4.74 Å². The van der Waals surface area contributed by atoms with Crippen molar-refractivity contribution >= 4 is 11.0 Å². The van der Waals surface area contributed by atoms with Gasteiger partial charge in [0, 0.05) is 23.7 Å². The quantitative estimate of drug-likeness (QED) is 0.431. The van der Waals surface area contributed by atoms with Crippen LogP contribution in [0.1, 0.15) is 12.0 Å². The Morgan fingerprint density at radius 1 is 0.966 bits per heavy atom. The van der Waals surface area contributed by atoms with Gasteiger partial charge in [-0.25, -0.2) is 9.67 Å². The Kier molecular flexibility index (Phi) is 5.58. The normalized spacial score (nSPS) is 11.3. The van der Waals surface area contributed by atoms with E-state index in [0.717, 1.165) is 52.3 Å². The molecule has 0 aliphatic heterocycles. The summed E-state index contributed by atoms with van der Waals surface area (Å²) < 4.78 is 7.80. The molecule has 0 radical (unpaired) electrons.